The van der Waals surface area contributed by atoms with E-state index in [1.807, 2.05) is 27.7 Å². The minimum atomic E-state index is -3.17. The summed E-state index contributed by atoms with van der Waals surface area (Å²) in [5.41, 5.74) is -0.103. The molecule has 29 heavy (non-hydrogen) atoms. The van der Waals surface area contributed by atoms with Crippen LogP contribution < -0.4 is 10.2 Å². The molecule has 1 N–H and O–H groups in total. The summed E-state index contributed by atoms with van der Waals surface area (Å²) in [6.45, 7) is 8.34. The molecule has 3 rings (SSSR count). The van der Waals surface area contributed by atoms with Gasteiger partial charge in [0.05, 0.1) is 30.7 Å². The summed E-state index contributed by atoms with van der Waals surface area (Å²) in [5.74, 6) is -2.85. The van der Waals surface area contributed by atoms with Crippen molar-refractivity contribution in [1.82, 2.24) is 4.90 Å². The van der Waals surface area contributed by atoms with Crippen LogP contribution in [-0.4, -0.2) is 59.5 Å². The van der Waals surface area contributed by atoms with E-state index in [1.54, 1.807) is 19.1 Å². The molecule has 1 amide bonds. The molecule has 1 aromatic carbocycles. The van der Waals surface area contributed by atoms with Crippen LogP contribution in [0, 0.1) is 6.92 Å². The molecule has 2 saturated heterocycles. The van der Waals surface area contributed by atoms with Crippen LogP contribution in [0.3, 0.4) is 0 Å². The molecular formula is C19H25BClF2NO5. The number of benzene rings is 1. The Hall–Kier alpha value is -1.58. The molecule has 160 valence electrons. The summed E-state index contributed by atoms with van der Waals surface area (Å²) in [4.78, 5) is 11.9. The average Bonchev–Trinajstić information content (AvgIpc) is 2.76. The van der Waals surface area contributed by atoms with Crippen molar-refractivity contribution in [1.29, 1.82) is 0 Å². The lowest BCUT2D eigenvalue weighted by Gasteiger charge is -2.36. The maximum Gasteiger partial charge on any atom is 0.498 e. The molecule has 6 nitrogen and oxygen atoms in total. The molecule has 2 aliphatic heterocycles. The third-order valence-corrected chi connectivity index (χ3v) is 5.92. The SMILES string of the molecule is Cc1cc(Cl)cc(B2OC(C)(C)C(C)(C)O2)c1O[C@@H]1CN(C(=O)O)CC(F)(F)C1. The van der Waals surface area contributed by atoms with E-state index in [-0.39, 0.29) is 6.54 Å². The molecule has 0 spiro atoms. The van der Waals surface area contributed by atoms with E-state index in [9.17, 15) is 13.6 Å². The molecule has 1 aromatic rings. The molecule has 0 bridgehead atoms. The number of likely N-dealkylation sites (tertiary alicyclic amines) is 1. The summed E-state index contributed by atoms with van der Waals surface area (Å²) >= 11 is 6.22. The van der Waals surface area contributed by atoms with Gasteiger partial charge in [0.15, 0.2) is 0 Å². The molecule has 10 heteroatoms. The largest absolute Gasteiger partial charge is 0.498 e. The van der Waals surface area contributed by atoms with Crippen molar-refractivity contribution in [2.45, 2.75) is 64.3 Å². The first-order valence-corrected chi connectivity index (χ1v) is 9.77. The van der Waals surface area contributed by atoms with Gasteiger partial charge in [-0.05, 0) is 52.3 Å². The number of hydrogen-bond donors (Lipinski definition) is 1. The summed E-state index contributed by atoms with van der Waals surface area (Å²) in [6, 6.07) is 3.28. The zero-order valence-electron chi connectivity index (χ0n) is 17.1. The number of rotatable bonds is 3. The Morgan fingerprint density at radius 1 is 1.28 bits per heavy atom. The molecular weight excluding hydrogens is 406 g/mol. The highest BCUT2D eigenvalue weighted by atomic mass is 35.5. The van der Waals surface area contributed by atoms with E-state index in [0.717, 1.165) is 0 Å². The minimum absolute atomic E-state index is 0.157. The summed E-state index contributed by atoms with van der Waals surface area (Å²) in [6.07, 6.45) is -3.00. The molecule has 0 saturated carbocycles. The third kappa shape index (κ3) is 4.46. The Morgan fingerprint density at radius 3 is 2.41 bits per heavy atom. The van der Waals surface area contributed by atoms with Gasteiger partial charge < -0.3 is 19.2 Å². The highest BCUT2D eigenvalue weighted by Gasteiger charge is 2.53. The quantitative estimate of drug-likeness (QED) is 0.739. The van der Waals surface area contributed by atoms with Crippen LogP contribution in [0.5, 0.6) is 5.75 Å². The molecule has 1 atom stereocenters. The van der Waals surface area contributed by atoms with Gasteiger partial charge in [-0.3, -0.25) is 4.90 Å². The molecule has 2 heterocycles. The van der Waals surface area contributed by atoms with Crippen LogP contribution in [0.2, 0.25) is 5.02 Å². The van der Waals surface area contributed by atoms with E-state index in [4.69, 9.17) is 30.8 Å². The minimum Gasteiger partial charge on any atom is -0.488 e. The second-order valence-corrected chi connectivity index (χ2v) is 9.13. The van der Waals surface area contributed by atoms with Crippen LogP contribution in [0.4, 0.5) is 13.6 Å². The van der Waals surface area contributed by atoms with Gasteiger partial charge in [-0.1, -0.05) is 11.6 Å². The Labute approximate surface area is 174 Å². The lowest BCUT2D eigenvalue weighted by molar-refractivity contribution is -0.0932. The molecule has 2 aliphatic rings. The number of ether oxygens (including phenoxy) is 1. The smallest absolute Gasteiger partial charge is 0.488 e. The van der Waals surface area contributed by atoms with Crippen molar-refractivity contribution >= 4 is 30.3 Å². The van der Waals surface area contributed by atoms with Gasteiger partial charge in [0.1, 0.15) is 11.9 Å². The number of halogens is 3. The van der Waals surface area contributed by atoms with Crippen molar-refractivity contribution in [2.75, 3.05) is 13.1 Å². The van der Waals surface area contributed by atoms with Crippen LogP contribution in [-0.2, 0) is 9.31 Å². The van der Waals surface area contributed by atoms with Crippen molar-refractivity contribution < 1.29 is 32.7 Å². The molecule has 0 aromatic heterocycles. The van der Waals surface area contributed by atoms with E-state index in [2.05, 4.69) is 0 Å². The number of nitrogens with zero attached hydrogens (tertiary/aromatic N) is 1. The standard InChI is InChI=1S/C19H25BClF2NO5/c1-11-6-12(21)7-14(20-28-17(2,3)18(4,5)29-20)15(11)27-13-8-19(22,23)10-24(9-13)16(25)26/h6-7,13H,8-10H2,1-5H3,(H,25,26)/t13-/m0/s1. The number of piperidine rings is 1. The summed E-state index contributed by atoms with van der Waals surface area (Å²) in [5, 5.41) is 9.60. The molecule has 0 unspecified atom stereocenters. The zero-order chi connectivity index (χ0) is 21.8. The van der Waals surface area contributed by atoms with Gasteiger partial charge in [-0.15, -0.1) is 0 Å². The number of carbonyl (C=O) groups is 1. The first kappa shape index (κ1) is 22.1. The van der Waals surface area contributed by atoms with Crippen LogP contribution in [0.15, 0.2) is 12.1 Å². The Balaban J connectivity index is 1.93. The Morgan fingerprint density at radius 2 is 1.86 bits per heavy atom. The fourth-order valence-corrected chi connectivity index (χ4v) is 3.79. The topological polar surface area (TPSA) is 68.2 Å². The monoisotopic (exact) mass is 431 g/mol. The van der Waals surface area contributed by atoms with Gasteiger partial charge in [0, 0.05) is 10.5 Å². The summed E-state index contributed by atoms with van der Waals surface area (Å²) < 4.78 is 46.3. The number of amides is 1. The second kappa shape index (κ2) is 7.28. The molecule has 2 fully saturated rings. The summed E-state index contributed by atoms with van der Waals surface area (Å²) in [7, 11) is -0.799. The molecule has 0 aliphatic carbocycles. The Kier molecular flexibility index (Phi) is 5.56. The molecule has 0 radical (unpaired) electrons. The number of hydrogen-bond acceptors (Lipinski definition) is 4. The third-order valence-electron chi connectivity index (χ3n) is 5.70. The average molecular weight is 432 g/mol. The van der Waals surface area contributed by atoms with E-state index in [0.29, 0.717) is 26.7 Å². The highest BCUT2D eigenvalue weighted by Crippen LogP contribution is 2.38. The van der Waals surface area contributed by atoms with Gasteiger partial charge >= 0.3 is 13.2 Å². The fourth-order valence-electron chi connectivity index (χ4n) is 3.51. The van der Waals surface area contributed by atoms with Crippen molar-refractivity contribution in [3.8, 4) is 5.75 Å². The fraction of sp³-hybridized carbons (Fsp3) is 0.632. The number of aryl methyl sites for hydroxylation is 1. The second-order valence-electron chi connectivity index (χ2n) is 8.69. The van der Waals surface area contributed by atoms with Crippen LogP contribution >= 0.6 is 11.6 Å². The normalized spacial score (nSPS) is 25.2. The maximum absolute atomic E-state index is 14.1. The maximum atomic E-state index is 14.1. The highest BCUT2D eigenvalue weighted by molar-refractivity contribution is 6.63. The lowest BCUT2D eigenvalue weighted by atomic mass is 9.77. The zero-order valence-corrected chi connectivity index (χ0v) is 17.8. The number of alkyl halides is 2. The first-order valence-electron chi connectivity index (χ1n) is 9.39. The van der Waals surface area contributed by atoms with E-state index >= 15 is 0 Å². The van der Waals surface area contributed by atoms with Gasteiger partial charge in [0.25, 0.3) is 5.92 Å². The lowest BCUT2D eigenvalue weighted by Crippen LogP contribution is -2.53. The predicted octanol–water partition coefficient (Wildman–Crippen LogP) is 3.71. The van der Waals surface area contributed by atoms with Crippen LogP contribution in [0.1, 0.15) is 39.7 Å². The van der Waals surface area contributed by atoms with Crippen molar-refractivity contribution in [2.24, 2.45) is 0 Å². The number of carboxylic acid groups (broad SMARTS) is 1. The van der Waals surface area contributed by atoms with Gasteiger partial charge in [-0.25, -0.2) is 13.6 Å². The van der Waals surface area contributed by atoms with Gasteiger partial charge in [-0.2, -0.15) is 0 Å². The van der Waals surface area contributed by atoms with Crippen molar-refractivity contribution in [3.63, 3.8) is 0 Å². The van der Waals surface area contributed by atoms with Gasteiger partial charge in [0.2, 0.25) is 0 Å². The van der Waals surface area contributed by atoms with Crippen LogP contribution in [0.25, 0.3) is 0 Å². The van der Waals surface area contributed by atoms with E-state index < -0.39 is 49.4 Å². The van der Waals surface area contributed by atoms with E-state index in [1.165, 1.54) is 0 Å². The first-order chi connectivity index (χ1) is 13.2. The van der Waals surface area contributed by atoms with Crippen molar-refractivity contribution in [3.05, 3.63) is 22.7 Å². The Bertz CT molecular complexity index is 804. The predicted molar refractivity (Wildman–Crippen MR) is 105 cm³/mol.